The van der Waals surface area contributed by atoms with Crippen LogP contribution in [0.4, 0.5) is 0 Å². The van der Waals surface area contributed by atoms with Crippen molar-refractivity contribution in [3.8, 4) is 5.69 Å². The summed E-state index contributed by atoms with van der Waals surface area (Å²) in [5, 5.41) is 0. The monoisotopic (exact) mass is 350 g/mol. The van der Waals surface area contributed by atoms with Gasteiger partial charge >= 0.3 is 0 Å². The predicted molar refractivity (Wildman–Crippen MR) is 76.5 cm³/mol. The fourth-order valence-electron chi connectivity index (χ4n) is 1.85. The van der Waals surface area contributed by atoms with Gasteiger partial charge in [0.25, 0.3) is 0 Å². The lowest BCUT2D eigenvalue weighted by molar-refractivity contribution is 1.08. The summed E-state index contributed by atoms with van der Waals surface area (Å²) in [5.74, 6) is 0. The Morgan fingerprint density at radius 1 is 0.882 bits per heavy atom. The standard InChI is InChI=1S/C13H8Br2N2/c14-9-4-1-2-7-12(9)17-8-16-11-6-3-5-10(15)13(11)17/h1-8H. The Hall–Kier alpha value is -1.13. The van der Waals surface area contributed by atoms with Crippen molar-refractivity contribution in [3.05, 3.63) is 57.7 Å². The lowest BCUT2D eigenvalue weighted by Crippen LogP contribution is -1.93. The molecule has 0 saturated carbocycles. The Labute approximate surface area is 116 Å². The molecule has 0 aliphatic rings. The number of imidazole rings is 1. The molecule has 17 heavy (non-hydrogen) atoms. The molecule has 1 heterocycles. The van der Waals surface area contributed by atoms with E-state index in [9.17, 15) is 0 Å². The highest BCUT2D eigenvalue weighted by Gasteiger charge is 2.09. The van der Waals surface area contributed by atoms with Crippen LogP contribution in [-0.4, -0.2) is 9.55 Å². The van der Waals surface area contributed by atoms with Crippen LogP contribution in [-0.2, 0) is 0 Å². The van der Waals surface area contributed by atoms with Gasteiger partial charge in [-0.05, 0) is 56.1 Å². The van der Waals surface area contributed by atoms with E-state index in [1.807, 2.05) is 42.7 Å². The second-order valence-electron chi connectivity index (χ2n) is 3.67. The summed E-state index contributed by atoms with van der Waals surface area (Å²) in [7, 11) is 0. The molecule has 0 aliphatic carbocycles. The van der Waals surface area contributed by atoms with Gasteiger partial charge in [-0.25, -0.2) is 4.98 Å². The molecule has 3 rings (SSSR count). The van der Waals surface area contributed by atoms with Crippen LogP contribution < -0.4 is 0 Å². The molecule has 0 saturated heterocycles. The maximum atomic E-state index is 4.41. The van der Waals surface area contributed by atoms with Crippen molar-refractivity contribution in [1.82, 2.24) is 9.55 Å². The molecule has 0 bridgehead atoms. The van der Waals surface area contributed by atoms with Crippen LogP contribution in [0.5, 0.6) is 0 Å². The molecule has 1 aromatic heterocycles. The molecule has 84 valence electrons. The van der Waals surface area contributed by atoms with Gasteiger partial charge in [-0.15, -0.1) is 0 Å². The van der Waals surface area contributed by atoms with Crippen molar-refractivity contribution >= 4 is 42.9 Å². The summed E-state index contributed by atoms with van der Waals surface area (Å²) in [5.41, 5.74) is 3.15. The highest BCUT2D eigenvalue weighted by atomic mass is 79.9. The number of fused-ring (bicyclic) bond motifs is 1. The Bertz CT molecular complexity index is 689. The number of benzene rings is 2. The summed E-state index contributed by atoms with van der Waals surface area (Å²) in [6, 6.07) is 14.1. The second-order valence-corrected chi connectivity index (χ2v) is 5.38. The molecular formula is C13H8Br2N2. The van der Waals surface area contributed by atoms with Gasteiger partial charge in [-0.1, -0.05) is 18.2 Å². The first-order chi connectivity index (χ1) is 8.27. The average Bonchev–Trinajstić information content (AvgIpc) is 2.75. The number of nitrogens with zero attached hydrogens (tertiary/aromatic N) is 2. The normalized spacial score (nSPS) is 10.9. The first-order valence-electron chi connectivity index (χ1n) is 5.14. The van der Waals surface area contributed by atoms with E-state index in [1.54, 1.807) is 0 Å². The first kappa shape index (κ1) is 11.0. The van der Waals surface area contributed by atoms with Crippen LogP contribution >= 0.6 is 31.9 Å². The number of rotatable bonds is 1. The molecule has 4 heteroatoms. The number of hydrogen-bond donors (Lipinski definition) is 0. The van der Waals surface area contributed by atoms with Crippen LogP contribution in [0, 0.1) is 0 Å². The van der Waals surface area contributed by atoms with Gasteiger partial charge in [0.2, 0.25) is 0 Å². The van der Waals surface area contributed by atoms with Gasteiger partial charge in [-0.2, -0.15) is 0 Å². The molecule has 0 N–H and O–H groups in total. The van der Waals surface area contributed by atoms with E-state index in [2.05, 4.69) is 47.5 Å². The van der Waals surface area contributed by atoms with Gasteiger partial charge in [0, 0.05) is 8.95 Å². The summed E-state index contributed by atoms with van der Waals surface area (Å²) in [4.78, 5) is 4.41. The number of hydrogen-bond acceptors (Lipinski definition) is 1. The van der Waals surface area contributed by atoms with E-state index in [1.165, 1.54) is 0 Å². The van der Waals surface area contributed by atoms with Crippen molar-refractivity contribution in [2.75, 3.05) is 0 Å². The van der Waals surface area contributed by atoms with Crippen molar-refractivity contribution in [3.63, 3.8) is 0 Å². The van der Waals surface area contributed by atoms with Gasteiger partial charge in [0.1, 0.15) is 6.33 Å². The van der Waals surface area contributed by atoms with Crippen LogP contribution in [0.2, 0.25) is 0 Å². The maximum Gasteiger partial charge on any atom is 0.100 e. The summed E-state index contributed by atoms with van der Waals surface area (Å²) in [6.45, 7) is 0. The molecule has 2 nitrogen and oxygen atoms in total. The van der Waals surface area contributed by atoms with Gasteiger partial charge in [0.05, 0.1) is 16.7 Å². The fraction of sp³-hybridized carbons (Fsp3) is 0. The van der Waals surface area contributed by atoms with Crippen LogP contribution in [0.25, 0.3) is 16.7 Å². The zero-order chi connectivity index (χ0) is 11.8. The topological polar surface area (TPSA) is 17.8 Å². The third-order valence-corrected chi connectivity index (χ3v) is 3.94. The first-order valence-corrected chi connectivity index (χ1v) is 6.72. The quantitative estimate of drug-likeness (QED) is 0.628. The summed E-state index contributed by atoms with van der Waals surface area (Å²) in [6.07, 6.45) is 1.84. The van der Waals surface area contributed by atoms with E-state index >= 15 is 0 Å². The SMILES string of the molecule is Brc1ccccc1-n1cnc2cccc(Br)c21. The molecule has 0 atom stereocenters. The second kappa shape index (κ2) is 4.27. The Balaban J connectivity index is 2.36. The number of aromatic nitrogens is 2. The van der Waals surface area contributed by atoms with Gasteiger partial charge in [-0.3, -0.25) is 4.57 Å². The zero-order valence-electron chi connectivity index (χ0n) is 8.77. The maximum absolute atomic E-state index is 4.41. The lowest BCUT2D eigenvalue weighted by Gasteiger charge is -2.07. The molecule has 0 radical (unpaired) electrons. The van der Waals surface area contributed by atoms with Gasteiger partial charge in [0.15, 0.2) is 0 Å². The van der Waals surface area contributed by atoms with E-state index in [-0.39, 0.29) is 0 Å². The molecule has 0 aliphatic heterocycles. The third kappa shape index (κ3) is 1.81. The van der Waals surface area contributed by atoms with Crippen LogP contribution in [0.3, 0.4) is 0 Å². The summed E-state index contributed by atoms with van der Waals surface area (Å²) < 4.78 is 4.17. The van der Waals surface area contributed by atoms with E-state index in [0.29, 0.717) is 0 Å². The average molecular weight is 352 g/mol. The minimum absolute atomic E-state index is 0.982. The Kier molecular flexibility index (Phi) is 2.76. The highest BCUT2D eigenvalue weighted by molar-refractivity contribution is 9.11. The number of para-hydroxylation sites is 2. The third-order valence-electron chi connectivity index (χ3n) is 2.63. The lowest BCUT2D eigenvalue weighted by atomic mass is 10.3. The van der Waals surface area contributed by atoms with Crippen molar-refractivity contribution < 1.29 is 0 Å². The van der Waals surface area contributed by atoms with Crippen molar-refractivity contribution in [2.24, 2.45) is 0 Å². The Morgan fingerprint density at radius 3 is 2.47 bits per heavy atom. The van der Waals surface area contributed by atoms with Crippen molar-refractivity contribution in [1.29, 1.82) is 0 Å². The largest absolute Gasteiger partial charge is 0.297 e. The highest BCUT2D eigenvalue weighted by Crippen LogP contribution is 2.28. The number of halogens is 2. The molecular weight excluding hydrogens is 344 g/mol. The summed E-state index contributed by atoms with van der Waals surface area (Å²) >= 11 is 7.14. The molecule has 3 aromatic rings. The van der Waals surface area contributed by atoms with Crippen molar-refractivity contribution in [2.45, 2.75) is 0 Å². The Morgan fingerprint density at radius 2 is 1.65 bits per heavy atom. The minimum Gasteiger partial charge on any atom is -0.297 e. The fourth-order valence-corrected chi connectivity index (χ4v) is 2.88. The van der Waals surface area contributed by atoms with Crippen LogP contribution in [0.1, 0.15) is 0 Å². The molecule has 0 spiro atoms. The molecule has 0 amide bonds. The predicted octanol–water partition coefficient (Wildman–Crippen LogP) is 4.55. The minimum atomic E-state index is 0.982. The molecule has 0 fully saturated rings. The smallest absolute Gasteiger partial charge is 0.100 e. The molecule has 0 unspecified atom stereocenters. The zero-order valence-corrected chi connectivity index (χ0v) is 11.9. The van der Waals surface area contributed by atoms with Gasteiger partial charge < -0.3 is 0 Å². The van der Waals surface area contributed by atoms with E-state index < -0.39 is 0 Å². The van der Waals surface area contributed by atoms with E-state index in [4.69, 9.17) is 0 Å². The van der Waals surface area contributed by atoms with Crippen LogP contribution in [0.15, 0.2) is 57.7 Å². The molecule has 2 aromatic carbocycles. The van der Waals surface area contributed by atoms with E-state index in [0.717, 1.165) is 25.7 Å².